The minimum atomic E-state index is -0.903. The van der Waals surface area contributed by atoms with E-state index in [1.807, 2.05) is 6.92 Å². The molecule has 104 valence electrons. The van der Waals surface area contributed by atoms with E-state index in [1.165, 1.54) is 25.7 Å². The summed E-state index contributed by atoms with van der Waals surface area (Å²) >= 11 is 0. The van der Waals surface area contributed by atoms with E-state index in [0.717, 1.165) is 18.2 Å². The number of rotatable bonds is 4. The number of aromatic carboxylic acids is 1. The van der Waals surface area contributed by atoms with Crippen LogP contribution in [0.25, 0.3) is 0 Å². The van der Waals surface area contributed by atoms with Gasteiger partial charge in [0.05, 0.1) is 5.56 Å². The Balaban J connectivity index is 1.97. The van der Waals surface area contributed by atoms with Crippen LogP contribution in [0.5, 0.6) is 0 Å². The van der Waals surface area contributed by atoms with Crippen LogP contribution in [0.4, 0.5) is 5.82 Å². The molecule has 0 amide bonds. The van der Waals surface area contributed by atoms with Gasteiger partial charge in [-0.15, -0.1) is 0 Å². The van der Waals surface area contributed by atoms with Crippen LogP contribution in [0.2, 0.25) is 0 Å². The fraction of sp³-hybridized carbons (Fsp3) is 0.600. The van der Waals surface area contributed by atoms with Crippen LogP contribution in [0.3, 0.4) is 0 Å². The van der Waals surface area contributed by atoms with Gasteiger partial charge in [-0.25, -0.2) is 9.78 Å². The van der Waals surface area contributed by atoms with E-state index >= 15 is 0 Å². The van der Waals surface area contributed by atoms with Crippen LogP contribution in [-0.2, 0) is 0 Å². The van der Waals surface area contributed by atoms with Crippen LogP contribution in [0, 0.1) is 18.8 Å². The van der Waals surface area contributed by atoms with E-state index in [1.54, 1.807) is 12.1 Å². The molecule has 1 saturated carbocycles. The summed E-state index contributed by atoms with van der Waals surface area (Å²) in [4.78, 5) is 15.3. The first kappa shape index (κ1) is 13.8. The first-order valence-corrected chi connectivity index (χ1v) is 7.00. The van der Waals surface area contributed by atoms with Gasteiger partial charge in [-0.3, -0.25) is 0 Å². The number of aromatic nitrogens is 1. The molecule has 1 heterocycles. The molecule has 1 aliphatic rings. The van der Waals surface area contributed by atoms with Gasteiger partial charge in [-0.05, 0) is 43.7 Å². The fourth-order valence-corrected chi connectivity index (χ4v) is 2.88. The number of nitrogens with one attached hydrogen (secondary N) is 1. The predicted molar refractivity (Wildman–Crippen MR) is 75.5 cm³/mol. The molecule has 1 aliphatic carbocycles. The average molecular weight is 262 g/mol. The predicted octanol–water partition coefficient (Wildman–Crippen LogP) is 3.33. The van der Waals surface area contributed by atoms with E-state index < -0.39 is 5.97 Å². The molecule has 0 aliphatic heterocycles. The highest BCUT2D eigenvalue weighted by molar-refractivity contribution is 5.88. The molecule has 0 bridgehead atoms. The van der Waals surface area contributed by atoms with Gasteiger partial charge >= 0.3 is 5.97 Å². The Morgan fingerprint density at radius 1 is 1.47 bits per heavy atom. The van der Waals surface area contributed by atoms with Crippen LogP contribution in [0.1, 0.15) is 48.7 Å². The molecule has 4 heteroatoms. The number of carbonyl (C=O) groups is 1. The van der Waals surface area contributed by atoms with Gasteiger partial charge in [-0.2, -0.15) is 0 Å². The Bertz CT molecular complexity index is 459. The highest BCUT2D eigenvalue weighted by Crippen LogP contribution is 2.28. The number of pyridine rings is 1. The maximum atomic E-state index is 11.0. The van der Waals surface area contributed by atoms with Crippen molar-refractivity contribution in [3.8, 4) is 0 Å². The summed E-state index contributed by atoms with van der Waals surface area (Å²) in [5.41, 5.74) is 1.03. The van der Waals surface area contributed by atoms with Crippen LogP contribution >= 0.6 is 0 Å². The number of hydrogen-bond donors (Lipinski definition) is 2. The molecule has 0 spiro atoms. The van der Waals surface area contributed by atoms with Crippen molar-refractivity contribution in [1.29, 1.82) is 0 Å². The third kappa shape index (κ3) is 3.94. The van der Waals surface area contributed by atoms with Crippen molar-refractivity contribution in [1.82, 2.24) is 4.98 Å². The Hall–Kier alpha value is -1.58. The van der Waals surface area contributed by atoms with Gasteiger partial charge in [0.1, 0.15) is 5.82 Å². The standard InChI is InChI=1S/C15H22N2O2/c1-10-4-3-5-12(6-10)9-16-14-8-13(15(18)19)7-11(2)17-14/h7-8,10,12H,3-6,9H2,1-2H3,(H,16,17)(H,18,19). The molecular weight excluding hydrogens is 240 g/mol. The van der Waals surface area contributed by atoms with Gasteiger partial charge in [-0.1, -0.05) is 19.8 Å². The molecule has 2 atom stereocenters. The topological polar surface area (TPSA) is 62.2 Å². The molecule has 2 rings (SSSR count). The summed E-state index contributed by atoms with van der Waals surface area (Å²) in [6.07, 6.45) is 5.15. The maximum Gasteiger partial charge on any atom is 0.335 e. The number of hydrogen-bond acceptors (Lipinski definition) is 3. The lowest BCUT2D eigenvalue weighted by Gasteiger charge is -2.27. The van der Waals surface area contributed by atoms with Crippen LogP contribution in [-0.4, -0.2) is 22.6 Å². The number of aryl methyl sites for hydroxylation is 1. The summed E-state index contributed by atoms with van der Waals surface area (Å²) in [5.74, 6) is 1.26. The Kier molecular flexibility index (Phi) is 4.40. The van der Waals surface area contributed by atoms with Gasteiger partial charge in [0.25, 0.3) is 0 Å². The van der Waals surface area contributed by atoms with Crippen LogP contribution in [0.15, 0.2) is 12.1 Å². The zero-order chi connectivity index (χ0) is 13.8. The zero-order valence-corrected chi connectivity index (χ0v) is 11.6. The second kappa shape index (κ2) is 6.04. The second-order valence-corrected chi connectivity index (χ2v) is 5.71. The van der Waals surface area contributed by atoms with Gasteiger partial charge < -0.3 is 10.4 Å². The fourth-order valence-electron chi connectivity index (χ4n) is 2.88. The monoisotopic (exact) mass is 262 g/mol. The number of nitrogens with zero attached hydrogens (tertiary/aromatic N) is 1. The Morgan fingerprint density at radius 3 is 2.95 bits per heavy atom. The molecule has 1 aromatic rings. The summed E-state index contributed by atoms with van der Waals surface area (Å²) < 4.78 is 0. The van der Waals surface area contributed by atoms with E-state index in [9.17, 15) is 4.79 Å². The molecule has 0 aromatic carbocycles. The Labute approximate surface area is 114 Å². The summed E-state index contributed by atoms with van der Waals surface area (Å²) in [6.45, 7) is 5.01. The first-order chi connectivity index (χ1) is 9.04. The van der Waals surface area contributed by atoms with E-state index in [-0.39, 0.29) is 0 Å². The third-order valence-electron chi connectivity index (χ3n) is 3.82. The summed E-state index contributed by atoms with van der Waals surface area (Å²) in [6, 6.07) is 3.21. The van der Waals surface area contributed by atoms with Crippen molar-refractivity contribution in [3.63, 3.8) is 0 Å². The zero-order valence-electron chi connectivity index (χ0n) is 11.6. The minimum absolute atomic E-state index is 0.298. The lowest BCUT2D eigenvalue weighted by molar-refractivity contribution is 0.0696. The maximum absolute atomic E-state index is 11.0. The molecule has 1 aromatic heterocycles. The molecule has 1 fully saturated rings. The molecule has 0 radical (unpaired) electrons. The van der Waals surface area contributed by atoms with Crippen molar-refractivity contribution >= 4 is 11.8 Å². The summed E-state index contributed by atoms with van der Waals surface area (Å²) in [7, 11) is 0. The quantitative estimate of drug-likeness (QED) is 0.873. The second-order valence-electron chi connectivity index (χ2n) is 5.71. The van der Waals surface area contributed by atoms with Crippen molar-refractivity contribution in [2.75, 3.05) is 11.9 Å². The normalized spacial score (nSPS) is 23.1. The van der Waals surface area contributed by atoms with Crippen molar-refractivity contribution < 1.29 is 9.90 Å². The van der Waals surface area contributed by atoms with Crippen molar-refractivity contribution in [2.45, 2.75) is 39.5 Å². The smallest absolute Gasteiger partial charge is 0.335 e. The first-order valence-electron chi connectivity index (χ1n) is 7.00. The molecule has 4 nitrogen and oxygen atoms in total. The Morgan fingerprint density at radius 2 is 2.26 bits per heavy atom. The molecular formula is C15H22N2O2. The van der Waals surface area contributed by atoms with E-state index in [4.69, 9.17) is 5.11 Å². The van der Waals surface area contributed by atoms with Gasteiger partial charge in [0, 0.05) is 12.2 Å². The lowest BCUT2D eigenvalue weighted by Crippen LogP contribution is -2.21. The van der Waals surface area contributed by atoms with E-state index in [2.05, 4.69) is 17.2 Å². The van der Waals surface area contributed by atoms with Gasteiger partial charge in [0.2, 0.25) is 0 Å². The van der Waals surface area contributed by atoms with Gasteiger partial charge in [0.15, 0.2) is 0 Å². The third-order valence-corrected chi connectivity index (χ3v) is 3.82. The molecule has 19 heavy (non-hydrogen) atoms. The van der Waals surface area contributed by atoms with Crippen molar-refractivity contribution in [2.24, 2.45) is 11.8 Å². The minimum Gasteiger partial charge on any atom is -0.478 e. The highest BCUT2D eigenvalue weighted by Gasteiger charge is 2.18. The highest BCUT2D eigenvalue weighted by atomic mass is 16.4. The number of carboxylic acid groups (broad SMARTS) is 1. The van der Waals surface area contributed by atoms with Crippen molar-refractivity contribution in [3.05, 3.63) is 23.4 Å². The average Bonchev–Trinajstić information content (AvgIpc) is 2.36. The molecule has 2 unspecified atom stereocenters. The number of anilines is 1. The lowest BCUT2D eigenvalue weighted by atomic mass is 9.82. The van der Waals surface area contributed by atoms with Crippen LogP contribution < -0.4 is 5.32 Å². The summed E-state index contributed by atoms with van der Waals surface area (Å²) in [5, 5.41) is 12.3. The molecule has 0 saturated heterocycles. The SMILES string of the molecule is Cc1cc(C(=O)O)cc(NCC2CCCC(C)C2)n1. The molecule has 2 N–H and O–H groups in total. The number of carboxylic acids is 1. The van der Waals surface area contributed by atoms with E-state index in [0.29, 0.717) is 17.3 Å². The largest absolute Gasteiger partial charge is 0.478 e.